The smallest absolute Gasteiger partial charge is 0.337 e. The number of aryl methyl sites for hydroxylation is 2. The zero-order valence-electron chi connectivity index (χ0n) is 18.8. The summed E-state index contributed by atoms with van der Waals surface area (Å²) in [4.78, 5) is 31.9. The van der Waals surface area contributed by atoms with Gasteiger partial charge in [0, 0.05) is 31.4 Å². The van der Waals surface area contributed by atoms with Crippen molar-refractivity contribution in [2.45, 2.75) is 26.8 Å². The molecule has 0 aliphatic carbocycles. The van der Waals surface area contributed by atoms with Crippen molar-refractivity contribution in [1.82, 2.24) is 9.55 Å². The predicted molar refractivity (Wildman–Crippen MR) is 125 cm³/mol. The molecule has 2 aromatic carbocycles. The third kappa shape index (κ3) is 4.05. The first kappa shape index (κ1) is 21.8. The van der Waals surface area contributed by atoms with E-state index >= 15 is 0 Å². The summed E-state index contributed by atoms with van der Waals surface area (Å²) in [5.41, 5.74) is 4.03. The van der Waals surface area contributed by atoms with E-state index in [1.807, 2.05) is 39.0 Å². The molecule has 0 saturated carbocycles. The van der Waals surface area contributed by atoms with E-state index in [1.165, 1.54) is 0 Å². The number of anilines is 2. The summed E-state index contributed by atoms with van der Waals surface area (Å²) >= 11 is 0. The number of nitrogens with one attached hydrogen (secondary N) is 1. The number of nitrogens with zero attached hydrogens (tertiary/aromatic N) is 3. The van der Waals surface area contributed by atoms with E-state index in [4.69, 9.17) is 9.72 Å². The number of carboxylic acids is 1. The topological polar surface area (TPSA) is 96.7 Å². The van der Waals surface area contributed by atoms with Gasteiger partial charge in [-0.15, -0.1) is 0 Å². The number of aromatic nitrogens is 2. The maximum atomic E-state index is 13.2. The predicted octanol–water partition coefficient (Wildman–Crippen LogP) is 3.26. The van der Waals surface area contributed by atoms with E-state index in [2.05, 4.69) is 10.2 Å². The van der Waals surface area contributed by atoms with Gasteiger partial charge in [-0.3, -0.25) is 9.36 Å². The summed E-state index contributed by atoms with van der Waals surface area (Å²) < 4.78 is 7.04. The number of hydrogen-bond acceptors (Lipinski definition) is 6. The Labute approximate surface area is 186 Å². The minimum atomic E-state index is -0.990. The summed E-state index contributed by atoms with van der Waals surface area (Å²) in [5.74, 6) is -0.375. The summed E-state index contributed by atoms with van der Waals surface area (Å²) in [6.45, 7) is 8.35. The molecule has 0 amide bonds. The van der Waals surface area contributed by atoms with E-state index < -0.39 is 5.97 Å². The molecule has 2 heterocycles. The van der Waals surface area contributed by atoms with Crippen LogP contribution in [0.25, 0.3) is 10.9 Å². The van der Waals surface area contributed by atoms with Crippen molar-refractivity contribution >= 4 is 28.5 Å². The molecule has 8 nitrogen and oxygen atoms in total. The van der Waals surface area contributed by atoms with Crippen LogP contribution >= 0.6 is 0 Å². The van der Waals surface area contributed by atoms with Crippen LogP contribution in [0, 0.1) is 13.8 Å². The van der Waals surface area contributed by atoms with Gasteiger partial charge in [0.05, 0.1) is 35.7 Å². The lowest BCUT2D eigenvalue weighted by atomic mass is 10.00. The number of carbonyl (C=O) groups is 1. The van der Waals surface area contributed by atoms with E-state index in [9.17, 15) is 14.7 Å². The van der Waals surface area contributed by atoms with Gasteiger partial charge < -0.3 is 20.1 Å². The van der Waals surface area contributed by atoms with E-state index in [-0.39, 0.29) is 17.2 Å². The summed E-state index contributed by atoms with van der Waals surface area (Å²) in [7, 11) is 1.75. The molecule has 0 radical (unpaired) electrons. The van der Waals surface area contributed by atoms with Crippen molar-refractivity contribution in [3.8, 4) is 0 Å². The molecule has 0 spiro atoms. The Balaban J connectivity index is 1.83. The largest absolute Gasteiger partial charge is 0.478 e. The molecule has 1 fully saturated rings. The lowest BCUT2D eigenvalue weighted by Gasteiger charge is -2.29. The quantitative estimate of drug-likeness (QED) is 0.634. The number of benzene rings is 2. The van der Waals surface area contributed by atoms with Gasteiger partial charge in [-0.25, -0.2) is 9.78 Å². The van der Waals surface area contributed by atoms with Crippen molar-refractivity contribution in [2.24, 2.45) is 7.05 Å². The van der Waals surface area contributed by atoms with Gasteiger partial charge in [-0.05, 0) is 50.1 Å². The molecule has 32 heavy (non-hydrogen) atoms. The normalized spacial score (nSPS) is 15.1. The maximum Gasteiger partial charge on any atom is 0.337 e. The Morgan fingerprint density at radius 3 is 2.56 bits per heavy atom. The third-order valence-corrected chi connectivity index (χ3v) is 5.87. The first-order chi connectivity index (χ1) is 15.3. The van der Waals surface area contributed by atoms with Crippen LogP contribution in [0.15, 0.2) is 35.1 Å². The van der Waals surface area contributed by atoms with E-state index in [1.54, 1.807) is 23.7 Å². The summed E-state index contributed by atoms with van der Waals surface area (Å²) in [5, 5.41) is 13.5. The van der Waals surface area contributed by atoms with Crippen LogP contribution in [0.1, 0.15) is 40.0 Å². The van der Waals surface area contributed by atoms with Gasteiger partial charge in [-0.1, -0.05) is 12.1 Å². The lowest BCUT2D eigenvalue weighted by molar-refractivity contribution is 0.0698. The molecule has 4 rings (SSSR count). The van der Waals surface area contributed by atoms with Crippen LogP contribution in [-0.2, 0) is 11.8 Å². The highest BCUT2D eigenvalue weighted by molar-refractivity contribution is 5.94. The Bertz CT molecular complexity index is 1240. The molecule has 2 N–H and O–H groups in total. The minimum absolute atomic E-state index is 0.101. The van der Waals surface area contributed by atoms with Gasteiger partial charge in [0.25, 0.3) is 5.56 Å². The molecule has 3 aromatic rings. The Hall–Kier alpha value is -3.39. The second-order valence-corrected chi connectivity index (χ2v) is 8.35. The number of carboxylic acid groups (broad SMARTS) is 1. The fourth-order valence-electron chi connectivity index (χ4n) is 4.19. The zero-order chi connectivity index (χ0) is 23.0. The maximum absolute atomic E-state index is 13.2. The van der Waals surface area contributed by atoms with Crippen molar-refractivity contribution in [2.75, 3.05) is 36.5 Å². The fourth-order valence-corrected chi connectivity index (χ4v) is 4.19. The average molecular weight is 437 g/mol. The van der Waals surface area contributed by atoms with Gasteiger partial charge in [0.15, 0.2) is 0 Å². The number of hydrogen-bond donors (Lipinski definition) is 2. The Morgan fingerprint density at radius 2 is 1.88 bits per heavy atom. The lowest BCUT2D eigenvalue weighted by Crippen LogP contribution is -2.40. The first-order valence-corrected chi connectivity index (χ1v) is 10.7. The molecule has 1 atom stereocenters. The van der Waals surface area contributed by atoms with E-state index in [0.717, 1.165) is 16.7 Å². The molecule has 0 bridgehead atoms. The van der Waals surface area contributed by atoms with Gasteiger partial charge in [0.2, 0.25) is 5.95 Å². The minimum Gasteiger partial charge on any atom is -0.478 e. The second-order valence-electron chi connectivity index (χ2n) is 8.35. The zero-order valence-corrected chi connectivity index (χ0v) is 18.8. The molecular weight excluding hydrogens is 408 g/mol. The highest BCUT2D eigenvalue weighted by Gasteiger charge is 2.21. The number of fused-ring (bicyclic) bond motifs is 1. The number of rotatable bonds is 5. The molecule has 1 aliphatic heterocycles. The average Bonchev–Trinajstić information content (AvgIpc) is 2.76. The fraction of sp³-hybridized carbons (Fsp3) is 0.375. The van der Waals surface area contributed by atoms with Crippen LogP contribution in [-0.4, -0.2) is 46.9 Å². The molecule has 1 aliphatic rings. The van der Waals surface area contributed by atoms with Crippen LogP contribution in [0.3, 0.4) is 0 Å². The first-order valence-electron chi connectivity index (χ1n) is 10.7. The molecule has 1 saturated heterocycles. The molecule has 168 valence electrons. The van der Waals surface area contributed by atoms with Crippen LogP contribution < -0.4 is 15.8 Å². The van der Waals surface area contributed by atoms with Gasteiger partial charge in [0.1, 0.15) is 0 Å². The number of ether oxygens (including phenoxy) is 1. The Kier molecular flexibility index (Phi) is 5.88. The standard InChI is InChI=1S/C24H28N4O4/c1-14-5-6-17(23(30)31)20(13-14)25-16(3)18-11-15(2)12-19-21(18)26-24(27(4)22(19)29)28-7-9-32-10-8-28/h5-6,11-13,16,25H,7-10H2,1-4H3,(H,30,31). The summed E-state index contributed by atoms with van der Waals surface area (Å²) in [6.07, 6.45) is 0. The van der Waals surface area contributed by atoms with Crippen LogP contribution in [0.4, 0.5) is 11.6 Å². The number of aromatic carboxylic acids is 1. The second kappa shape index (κ2) is 8.63. The van der Waals surface area contributed by atoms with Gasteiger partial charge >= 0.3 is 5.97 Å². The monoisotopic (exact) mass is 436 g/mol. The molecule has 1 aromatic heterocycles. The molecular formula is C24H28N4O4. The molecule has 8 heteroatoms. The van der Waals surface area contributed by atoms with Crippen molar-refractivity contribution in [3.63, 3.8) is 0 Å². The third-order valence-electron chi connectivity index (χ3n) is 5.87. The van der Waals surface area contributed by atoms with E-state index in [0.29, 0.717) is 48.8 Å². The Morgan fingerprint density at radius 1 is 1.16 bits per heavy atom. The van der Waals surface area contributed by atoms with Crippen molar-refractivity contribution in [1.29, 1.82) is 0 Å². The highest BCUT2D eigenvalue weighted by atomic mass is 16.5. The SMILES string of the molecule is Cc1ccc(C(=O)O)c(NC(C)c2cc(C)cc3c(=O)n(C)c(N4CCOCC4)nc23)c1. The number of morpholine rings is 1. The van der Waals surface area contributed by atoms with Crippen LogP contribution in [0.2, 0.25) is 0 Å². The summed E-state index contributed by atoms with van der Waals surface area (Å²) in [6, 6.07) is 8.80. The highest BCUT2D eigenvalue weighted by Crippen LogP contribution is 2.29. The van der Waals surface area contributed by atoms with Gasteiger partial charge in [-0.2, -0.15) is 0 Å². The van der Waals surface area contributed by atoms with Crippen LogP contribution in [0.5, 0.6) is 0 Å². The molecule has 1 unspecified atom stereocenters. The van der Waals surface area contributed by atoms with Crippen molar-refractivity contribution in [3.05, 3.63) is 62.9 Å². The van der Waals surface area contributed by atoms with Crippen molar-refractivity contribution < 1.29 is 14.6 Å².